The zero-order chi connectivity index (χ0) is 18.4. The Hall–Kier alpha value is -1.93. The number of sulfone groups is 2. The van der Waals surface area contributed by atoms with Gasteiger partial charge in [0.05, 0.1) is 21.5 Å². The van der Waals surface area contributed by atoms with E-state index in [1.54, 1.807) is 6.07 Å². The van der Waals surface area contributed by atoms with Crippen molar-refractivity contribution >= 4 is 25.4 Å². The summed E-state index contributed by atoms with van der Waals surface area (Å²) in [6.07, 6.45) is 3.53. The van der Waals surface area contributed by atoms with Gasteiger partial charge in [-0.2, -0.15) is 0 Å². The van der Waals surface area contributed by atoms with Crippen molar-refractivity contribution in [3.05, 3.63) is 53.3 Å². The summed E-state index contributed by atoms with van der Waals surface area (Å²) >= 11 is 0. The molecule has 1 N–H and O–H groups in total. The lowest BCUT2D eigenvalue weighted by atomic mass is 10.1. The van der Waals surface area contributed by atoms with Crippen LogP contribution in [0.5, 0.6) is 0 Å². The van der Waals surface area contributed by atoms with Gasteiger partial charge in [-0.3, -0.25) is 0 Å². The topological polar surface area (TPSA) is 80.3 Å². The van der Waals surface area contributed by atoms with Crippen LogP contribution in [0.1, 0.15) is 23.6 Å². The van der Waals surface area contributed by atoms with Crippen molar-refractivity contribution in [2.24, 2.45) is 0 Å². The van der Waals surface area contributed by atoms with Crippen LogP contribution in [0.4, 0.5) is 10.1 Å². The van der Waals surface area contributed by atoms with Gasteiger partial charge in [0.15, 0.2) is 19.7 Å². The van der Waals surface area contributed by atoms with Crippen LogP contribution in [0.25, 0.3) is 0 Å². The summed E-state index contributed by atoms with van der Waals surface area (Å²) in [7, 11) is -7.17. The number of hydrogen-bond acceptors (Lipinski definition) is 5. The van der Waals surface area contributed by atoms with E-state index >= 15 is 0 Å². The zero-order valence-corrected chi connectivity index (χ0v) is 15.4. The third kappa shape index (κ3) is 3.69. The van der Waals surface area contributed by atoms with Gasteiger partial charge in [-0.1, -0.05) is 6.07 Å². The molecule has 5 nitrogen and oxygen atoms in total. The molecule has 0 spiro atoms. The monoisotopic (exact) mass is 383 g/mol. The van der Waals surface area contributed by atoms with Crippen LogP contribution < -0.4 is 5.32 Å². The number of benzene rings is 2. The molecule has 1 atom stereocenters. The van der Waals surface area contributed by atoms with E-state index < -0.39 is 19.7 Å². The summed E-state index contributed by atoms with van der Waals surface area (Å²) in [5.74, 6) is -0.344. The highest BCUT2D eigenvalue weighted by Gasteiger charge is 2.25. The first-order valence-electron chi connectivity index (χ1n) is 7.65. The Bertz CT molecular complexity index is 1050. The molecule has 0 heterocycles. The summed E-state index contributed by atoms with van der Waals surface area (Å²) in [6.45, 7) is 0. The maximum Gasteiger partial charge on any atom is 0.177 e. The molecular formula is C17H18FNO4S2. The third-order valence-electron chi connectivity index (χ3n) is 4.30. The Balaban J connectivity index is 2.04. The third-order valence-corrected chi connectivity index (χ3v) is 6.54. The highest BCUT2D eigenvalue weighted by Crippen LogP contribution is 2.36. The second-order valence-electron chi connectivity index (χ2n) is 6.28. The van der Waals surface area contributed by atoms with Crippen molar-refractivity contribution < 1.29 is 21.2 Å². The van der Waals surface area contributed by atoms with Gasteiger partial charge in [0.2, 0.25) is 0 Å². The molecule has 1 aliphatic carbocycles. The second kappa shape index (κ2) is 6.10. The quantitative estimate of drug-likeness (QED) is 0.878. The maximum absolute atomic E-state index is 13.5. The van der Waals surface area contributed by atoms with E-state index in [4.69, 9.17) is 0 Å². The average Bonchev–Trinajstić information content (AvgIpc) is 2.88. The first kappa shape index (κ1) is 17.9. The summed E-state index contributed by atoms with van der Waals surface area (Å²) in [5.41, 5.74) is 2.14. The van der Waals surface area contributed by atoms with Crippen molar-refractivity contribution in [1.29, 1.82) is 0 Å². The lowest BCUT2D eigenvalue weighted by Crippen LogP contribution is -2.12. The number of aryl methyl sites for hydroxylation is 1. The minimum atomic E-state index is -3.64. The first-order chi connectivity index (χ1) is 11.6. The lowest BCUT2D eigenvalue weighted by Gasteiger charge is -2.18. The van der Waals surface area contributed by atoms with Crippen LogP contribution in [0, 0.1) is 5.82 Å². The largest absolute Gasteiger partial charge is 0.377 e. The molecule has 0 saturated heterocycles. The van der Waals surface area contributed by atoms with Crippen LogP contribution in [0.3, 0.4) is 0 Å². The zero-order valence-electron chi connectivity index (χ0n) is 13.8. The molecule has 0 fully saturated rings. The lowest BCUT2D eigenvalue weighted by molar-refractivity contribution is 0.600. The Labute approximate surface area is 146 Å². The molecule has 0 aliphatic heterocycles. The van der Waals surface area contributed by atoms with E-state index in [1.807, 2.05) is 0 Å². The summed E-state index contributed by atoms with van der Waals surface area (Å²) in [6, 6.07) is 8.34. The highest BCUT2D eigenvalue weighted by atomic mass is 32.2. The average molecular weight is 383 g/mol. The first-order valence-corrected chi connectivity index (χ1v) is 11.4. The molecule has 0 amide bonds. The fourth-order valence-corrected chi connectivity index (χ4v) is 4.66. The van der Waals surface area contributed by atoms with Crippen molar-refractivity contribution in [3.63, 3.8) is 0 Å². The summed E-state index contributed by atoms with van der Waals surface area (Å²) < 4.78 is 61.2. The second-order valence-corrected chi connectivity index (χ2v) is 10.3. The molecular weight excluding hydrogens is 365 g/mol. The Morgan fingerprint density at radius 2 is 1.72 bits per heavy atom. The van der Waals surface area contributed by atoms with Gasteiger partial charge in [-0.05, 0) is 54.3 Å². The van der Waals surface area contributed by atoms with E-state index in [2.05, 4.69) is 5.32 Å². The van der Waals surface area contributed by atoms with E-state index in [9.17, 15) is 21.2 Å². The van der Waals surface area contributed by atoms with Crippen LogP contribution in [-0.4, -0.2) is 29.3 Å². The normalized spacial score (nSPS) is 17.3. The number of rotatable bonds is 4. The molecule has 0 radical (unpaired) electrons. The van der Waals surface area contributed by atoms with E-state index in [-0.39, 0.29) is 21.7 Å². The van der Waals surface area contributed by atoms with Gasteiger partial charge >= 0.3 is 0 Å². The maximum atomic E-state index is 13.5. The molecule has 25 heavy (non-hydrogen) atoms. The predicted octanol–water partition coefficient (Wildman–Crippen LogP) is 2.73. The molecule has 2 aromatic rings. The molecule has 3 rings (SSSR count). The molecule has 1 aliphatic rings. The van der Waals surface area contributed by atoms with Crippen molar-refractivity contribution in [2.75, 3.05) is 17.8 Å². The van der Waals surface area contributed by atoms with Gasteiger partial charge in [0.1, 0.15) is 5.82 Å². The van der Waals surface area contributed by atoms with Crippen LogP contribution in [0.2, 0.25) is 0 Å². The van der Waals surface area contributed by atoms with Gasteiger partial charge in [0, 0.05) is 12.5 Å². The number of fused-ring (bicyclic) bond motifs is 1. The minimum Gasteiger partial charge on any atom is -0.377 e. The number of nitrogens with one attached hydrogen (secondary N) is 1. The molecule has 8 heteroatoms. The molecule has 0 bridgehead atoms. The molecule has 0 saturated carbocycles. The van der Waals surface area contributed by atoms with E-state index in [0.29, 0.717) is 12.1 Å². The van der Waals surface area contributed by atoms with E-state index in [1.165, 1.54) is 24.3 Å². The minimum absolute atomic E-state index is 0.0589. The van der Waals surface area contributed by atoms with Gasteiger partial charge in [-0.25, -0.2) is 21.2 Å². The van der Waals surface area contributed by atoms with Crippen molar-refractivity contribution in [1.82, 2.24) is 0 Å². The number of hydrogen-bond donors (Lipinski definition) is 1. The SMILES string of the molecule is CS(=O)(=O)c1ccc(NC2CCc3ccc(F)cc32)c(S(C)(=O)=O)c1. The van der Waals surface area contributed by atoms with Gasteiger partial charge in [-0.15, -0.1) is 0 Å². The molecule has 1 unspecified atom stereocenters. The predicted molar refractivity (Wildman–Crippen MR) is 93.7 cm³/mol. The van der Waals surface area contributed by atoms with Gasteiger partial charge in [0.25, 0.3) is 0 Å². The highest BCUT2D eigenvalue weighted by molar-refractivity contribution is 7.91. The van der Waals surface area contributed by atoms with Crippen LogP contribution in [0.15, 0.2) is 46.2 Å². The Kier molecular flexibility index (Phi) is 4.36. The Morgan fingerprint density at radius 3 is 2.36 bits per heavy atom. The summed E-state index contributed by atoms with van der Waals surface area (Å²) in [5, 5.41) is 3.14. The molecule has 134 valence electrons. The standard InChI is InChI=1S/C17H18FNO4S2/c1-24(20,21)13-6-8-16(17(10-13)25(2,22)23)19-15-7-4-11-3-5-12(18)9-14(11)15/h3,5-6,8-10,15,19H,4,7H2,1-2H3. The number of anilines is 1. The summed E-state index contributed by atoms with van der Waals surface area (Å²) in [4.78, 5) is -0.142. The number of halogens is 1. The van der Waals surface area contributed by atoms with Crippen molar-refractivity contribution in [3.8, 4) is 0 Å². The van der Waals surface area contributed by atoms with E-state index in [0.717, 1.165) is 36.1 Å². The van der Waals surface area contributed by atoms with Crippen molar-refractivity contribution in [2.45, 2.75) is 28.7 Å². The van der Waals surface area contributed by atoms with Crippen LogP contribution in [-0.2, 0) is 26.1 Å². The Morgan fingerprint density at radius 1 is 1.00 bits per heavy atom. The molecule has 0 aromatic heterocycles. The van der Waals surface area contributed by atoms with Gasteiger partial charge < -0.3 is 5.32 Å². The van der Waals surface area contributed by atoms with Crippen LogP contribution >= 0.6 is 0 Å². The fourth-order valence-electron chi connectivity index (χ4n) is 3.07. The smallest absolute Gasteiger partial charge is 0.177 e. The molecule has 2 aromatic carbocycles. The fraction of sp³-hybridized carbons (Fsp3) is 0.294.